The third-order valence-corrected chi connectivity index (χ3v) is 3.06. The highest BCUT2D eigenvalue weighted by atomic mass is 35.5. The summed E-state index contributed by atoms with van der Waals surface area (Å²) >= 11 is 6.83. The Balaban J connectivity index is 0.000000151. The lowest BCUT2D eigenvalue weighted by Crippen LogP contribution is -2.11. The van der Waals surface area contributed by atoms with E-state index in [4.69, 9.17) is 21.4 Å². The van der Waals surface area contributed by atoms with E-state index in [0.717, 1.165) is 13.0 Å². The highest BCUT2D eigenvalue weighted by Gasteiger charge is 2.08. The molecule has 0 bridgehead atoms. The van der Waals surface area contributed by atoms with Crippen LogP contribution >= 0.6 is 22.9 Å². The molecule has 1 fully saturated rings. The van der Waals surface area contributed by atoms with Crippen LogP contribution in [0.4, 0.5) is 0 Å². The number of aromatic carboxylic acids is 1. The number of hydrogen-bond acceptors (Lipinski definition) is 3. The van der Waals surface area contributed by atoms with Crippen molar-refractivity contribution in [3.8, 4) is 0 Å². The van der Waals surface area contributed by atoms with Crippen molar-refractivity contribution < 1.29 is 14.6 Å². The van der Waals surface area contributed by atoms with Crippen LogP contribution < -0.4 is 0 Å². The lowest BCUT2D eigenvalue weighted by atomic mass is 10.2. The maximum absolute atomic E-state index is 10.1. The second-order valence-electron chi connectivity index (χ2n) is 3.06. The Bertz CT molecular complexity index is 281. The molecule has 2 rings (SSSR count). The zero-order chi connectivity index (χ0) is 11.1. The van der Waals surface area contributed by atoms with E-state index >= 15 is 0 Å². The van der Waals surface area contributed by atoms with Gasteiger partial charge >= 0.3 is 5.97 Å². The largest absolute Gasteiger partial charge is 0.477 e. The number of carboxylic acids is 1. The quantitative estimate of drug-likeness (QED) is 0.777. The maximum atomic E-state index is 10.1. The molecule has 1 aliphatic heterocycles. The number of thiophene rings is 1. The number of halogens is 1. The first-order chi connectivity index (χ1) is 7.20. The molecule has 5 heteroatoms. The molecule has 0 saturated carbocycles. The number of carbonyl (C=O) groups is 1. The first-order valence-corrected chi connectivity index (χ1v) is 6.04. The van der Waals surface area contributed by atoms with Gasteiger partial charge in [-0.25, -0.2) is 4.79 Å². The first-order valence-electron chi connectivity index (χ1n) is 4.72. The Morgan fingerprint density at radius 3 is 2.67 bits per heavy atom. The Morgan fingerprint density at radius 2 is 2.40 bits per heavy atom. The SMILES string of the molecule is ClC1CCCCO1.O=C(O)c1cccs1. The predicted octanol–water partition coefficient (Wildman–Crippen LogP) is 3.20. The summed E-state index contributed by atoms with van der Waals surface area (Å²) in [4.78, 5) is 10.5. The van der Waals surface area contributed by atoms with E-state index in [2.05, 4.69) is 0 Å². The van der Waals surface area contributed by atoms with E-state index in [1.807, 2.05) is 0 Å². The lowest BCUT2D eigenvalue weighted by molar-refractivity contribution is 0.0679. The second-order valence-corrected chi connectivity index (χ2v) is 4.49. The van der Waals surface area contributed by atoms with E-state index in [0.29, 0.717) is 4.88 Å². The Morgan fingerprint density at radius 1 is 1.60 bits per heavy atom. The van der Waals surface area contributed by atoms with Crippen LogP contribution in [0.2, 0.25) is 0 Å². The van der Waals surface area contributed by atoms with Crippen molar-refractivity contribution >= 4 is 28.9 Å². The molecular formula is C10H13ClO3S. The van der Waals surface area contributed by atoms with E-state index in [9.17, 15) is 4.79 Å². The third kappa shape index (κ3) is 5.16. The molecular weight excluding hydrogens is 236 g/mol. The van der Waals surface area contributed by atoms with Crippen molar-refractivity contribution in [1.29, 1.82) is 0 Å². The van der Waals surface area contributed by atoms with Gasteiger partial charge in [0.05, 0.1) is 0 Å². The molecule has 0 spiro atoms. The molecule has 3 nitrogen and oxygen atoms in total. The molecule has 0 radical (unpaired) electrons. The fraction of sp³-hybridized carbons (Fsp3) is 0.500. The average molecular weight is 249 g/mol. The lowest BCUT2D eigenvalue weighted by Gasteiger charge is -2.15. The van der Waals surface area contributed by atoms with Crippen molar-refractivity contribution in [2.45, 2.75) is 24.8 Å². The Kier molecular flexibility index (Phi) is 5.68. The van der Waals surface area contributed by atoms with Gasteiger partial charge in [-0.2, -0.15) is 0 Å². The van der Waals surface area contributed by atoms with Crippen LogP contribution in [0, 0.1) is 0 Å². The van der Waals surface area contributed by atoms with Gasteiger partial charge in [0, 0.05) is 6.61 Å². The molecule has 1 aromatic heterocycles. The standard InChI is InChI=1S/C5H9ClO.C5H4O2S/c6-5-3-1-2-4-7-5;6-5(7)4-2-1-3-8-4/h5H,1-4H2;1-3H,(H,6,7). The monoisotopic (exact) mass is 248 g/mol. The molecule has 1 unspecified atom stereocenters. The highest BCUT2D eigenvalue weighted by Crippen LogP contribution is 2.14. The molecule has 84 valence electrons. The summed E-state index contributed by atoms with van der Waals surface area (Å²) in [5, 5.41) is 10.0. The minimum absolute atomic E-state index is 0.00810. The summed E-state index contributed by atoms with van der Waals surface area (Å²) in [7, 11) is 0. The molecule has 1 aliphatic rings. The molecule has 15 heavy (non-hydrogen) atoms. The molecule has 2 heterocycles. The van der Waals surface area contributed by atoms with Crippen LogP contribution in [0.15, 0.2) is 17.5 Å². The molecule has 0 aromatic carbocycles. The summed E-state index contributed by atoms with van der Waals surface area (Å²) in [5.74, 6) is -0.847. The number of carboxylic acid groups (broad SMARTS) is 1. The van der Waals surface area contributed by atoms with Crippen LogP contribution in [0.3, 0.4) is 0 Å². The van der Waals surface area contributed by atoms with Gasteiger partial charge in [0.25, 0.3) is 0 Å². The van der Waals surface area contributed by atoms with Crippen LogP contribution in [-0.2, 0) is 4.74 Å². The maximum Gasteiger partial charge on any atom is 0.345 e. The number of rotatable bonds is 1. The molecule has 0 aliphatic carbocycles. The fourth-order valence-corrected chi connectivity index (χ4v) is 1.91. The number of ether oxygens (including phenoxy) is 1. The summed E-state index contributed by atoms with van der Waals surface area (Å²) in [6.07, 6.45) is 3.44. The van der Waals surface area contributed by atoms with Crippen LogP contribution in [0.25, 0.3) is 0 Å². The van der Waals surface area contributed by atoms with Crippen molar-refractivity contribution in [2.75, 3.05) is 6.61 Å². The zero-order valence-corrected chi connectivity index (χ0v) is 9.76. The topological polar surface area (TPSA) is 46.5 Å². The Hall–Kier alpha value is -0.580. The fourth-order valence-electron chi connectivity index (χ4n) is 1.10. The molecule has 0 amide bonds. The van der Waals surface area contributed by atoms with E-state index in [1.165, 1.54) is 24.2 Å². The average Bonchev–Trinajstić information content (AvgIpc) is 2.72. The third-order valence-electron chi connectivity index (χ3n) is 1.86. The highest BCUT2D eigenvalue weighted by molar-refractivity contribution is 7.11. The summed E-state index contributed by atoms with van der Waals surface area (Å²) < 4.78 is 5.04. The zero-order valence-electron chi connectivity index (χ0n) is 8.19. The minimum Gasteiger partial charge on any atom is -0.477 e. The second kappa shape index (κ2) is 6.82. The molecule has 1 saturated heterocycles. The first kappa shape index (κ1) is 12.5. The van der Waals surface area contributed by atoms with E-state index < -0.39 is 5.97 Å². The van der Waals surface area contributed by atoms with Crippen LogP contribution in [-0.4, -0.2) is 23.2 Å². The van der Waals surface area contributed by atoms with Crippen molar-refractivity contribution in [3.05, 3.63) is 22.4 Å². The van der Waals surface area contributed by atoms with Gasteiger partial charge < -0.3 is 9.84 Å². The van der Waals surface area contributed by atoms with Gasteiger partial charge in [-0.05, 0) is 30.7 Å². The van der Waals surface area contributed by atoms with Crippen molar-refractivity contribution in [3.63, 3.8) is 0 Å². The van der Waals surface area contributed by atoms with Gasteiger partial charge in [0.1, 0.15) is 10.4 Å². The summed E-state index contributed by atoms with van der Waals surface area (Å²) in [6.45, 7) is 0.855. The number of alkyl halides is 1. The minimum atomic E-state index is -0.847. The van der Waals surface area contributed by atoms with Gasteiger partial charge in [0.15, 0.2) is 0 Å². The Labute approximate surface area is 97.6 Å². The van der Waals surface area contributed by atoms with Crippen molar-refractivity contribution in [2.24, 2.45) is 0 Å². The molecule has 1 aromatic rings. The number of hydrogen-bond donors (Lipinski definition) is 1. The van der Waals surface area contributed by atoms with E-state index in [1.54, 1.807) is 17.5 Å². The van der Waals surface area contributed by atoms with Crippen LogP contribution in [0.1, 0.15) is 28.9 Å². The van der Waals surface area contributed by atoms with Crippen LogP contribution in [0.5, 0.6) is 0 Å². The van der Waals surface area contributed by atoms with Gasteiger partial charge in [0.2, 0.25) is 0 Å². The summed E-state index contributed by atoms with van der Waals surface area (Å²) in [5.41, 5.74) is 0.00810. The molecule has 1 N–H and O–H groups in total. The van der Waals surface area contributed by atoms with Gasteiger partial charge in [-0.15, -0.1) is 11.3 Å². The van der Waals surface area contributed by atoms with E-state index in [-0.39, 0.29) is 5.56 Å². The smallest absolute Gasteiger partial charge is 0.345 e. The van der Waals surface area contributed by atoms with Crippen molar-refractivity contribution in [1.82, 2.24) is 0 Å². The van der Waals surface area contributed by atoms with Gasteiger partial charge in [-0.3, -0.25) is 0 Å². The summed E-state index contributed by atoms with van der Waals surface area (Å²) in [6, 6.07) is 3.29. The predicted molar refractivity (Wildman–Crippen MR) is 60.7 cm³/mol. The molecule has 1 atom stereocenters. The normalized spacial score (nSPS) is 20.2. The van der Waals surface area contributed by atoms with Gasteiger partial charge in [-0.1, -0.05) is 17.7 Å².